The van der Waals surface area contributed by atoms with Gasteiger partial charge >= 0.3 is 5.97 Å². The summed E-state index contributed by atoms with van der Waals surface area (Å²) in [5.74, 6) is 0.563. The van der Waals surface area contributed by atoms with E-state index in [9.17, 15) is 9.59 Å². The fourth-order valence-corrected chi connectivity index (χ4v) is 3.34. The molecule has 0 aromatic rings. The Labute approximate surface area is 116 Å². The lowest BCUT2D eigenvalue weighted by molar-refractivity contribution is -0.150. The molecule has 3 nitrogen and oxygen atoms in total. The molecule has 0 aromatic carbocycles. The highest BCUT2D eigenvalue weighted by atomic mass is 16.5. The fraction of sp³-hybridized carbons (Fsp3) is 0.875. The molecule has 2 saturated carbocycles. The zero-order chi connectivity index (χ0) is 13.5. The molecule has 0 aromatic heterocycles. The average molecular weight is 266 g/mol. The van der Waals surface area contributed by atoms with Gasteiger partial charge in [-0.25, -0.2) is 0 Å². The van der Waals surface area contributed by atoms with E-state index >= 15 is 0 Å². The maximum absolute atomic E-state index is 12.0. The molecule has 0 aliphatic heterocycles. The van der Waals surface area contributed by atoms with Crippen LogP contribution < -0.4 is 0 Å². The molecular formula is C16H26O3. The zero-order valence-electron chi connectivity index (χ0n) is 11.9. The Morgan fingerprint density at radius 1 is 0.789 bits per heavy atom. The van der Waals surface area contributed by atoms with Crippen molar-refractivity contribution in [2.45, 2.75) is 70.6 Å². The standard InChI is InChI=1S/C16H26O3/c17-15(13-7-3-1-4-8-13)11-12-19-16(18)14-9-5-2-6-10-14/h13-14H,1-12H2. The molecule has 0 atom stereocenters. The Bertz CT molecular complexity index is 269. The number of ether oxygens (including phenoxy) is 1. The number of ketones is 1. The summed E-state index contributed by atoms with van der Waals surface area (Å²) in [4.78, 5) is 23.8. The van der Waals surface area contributed by atoms with Gasteiger partial charge in [0.15, 0.2) is 0 Å². The van der Waals surface area contributed by atoms with Crippen LogP contribution in [0.1, 0.15) is 70.6 Å². The van der Waals surface area contributed by atoms with Gasteiger partial charge in [-0.3, -0.25) is 9.59 Å². The molecule has 3 heteroatoms. The number of rotatable bonds is 5. The predicted octanol–water partition coefficient (Wildman–Crippen LogP) is 3.65. The second-order valence-corrected chi connectivity index (χ2v) is 6.05. The van der Waals surface area contributed by atoms with E-state index in [1.54, 1.807) is 0 Å². The second kappa shape index (κ2) is 7.66. The van der Waals surface area contributed by atoms with Crippen molar-refractivity contribution >= 4 is 11.8 Å². The molecule has 2 aliphatic rings. The summed E-state index contributed by atoms with van der Waals surface area (Å²) in [7, 11) is 0. The topological polar surface area (TPSA) is 43.4 Å². The first-order chi connectivity index (χ1) is 9.27. The van der Waals surface area contributed by atoms with Crippen LogP contribution in [-0.4, -0.2) is 18.4 Å². The monoisotopic (exact) mass is 266 g/mol. The lowest BCUT2D eigenvalue weighted by atomic mass is 9.85. The Morgan fingerprint density at radius 3 is 1.89 bits per heavy atom. The van der Waals surface area contributed by atoms with Gasteiger partial charge in [0.25, 0.3) is 0 Å². The molecule has 0 spiro atoms. The van der Waals surface area contributed by atoms with Gasteiger partial charge in [-0.2, -0.15) is 0 Å². The first-order valence-corrected chi connectivity index (χ1v) is 7.96. The first kappa shape index (κ1) is 14.5. The molecule has 2 fully saturated rings. The van der Waals surface area contributed by atoms with Gasteiger partial charge in [-0.15, -0.1) is 0 Å². The molecule has 0 heterocycles. The van der Waals surface area contributed by atoms with Crippen molar-refractivity contribution < 1.29 is 14.3 Å². The third kappa shape index (κ3) is 4.63. The van der Waals surface area contributed by atoms with E-state index in [-0.39, 0.29) is 17.8 Å². The van der Waals surface area contributed by atoms with Crippen molar-refractivity contribution in [2.24, 2.45) is 11.8 Å². The highest BCUT2D eigenvalue weighted by Gasteiger charge is 2.24. The van der Waals surface area contributed by atoms with Crippen molar-refractivity contribution in [3.63, 3.8) is 0 Å². The Kier molecular flexibility index (Phi) is 5.87. The lowest BCUT2D eigenvalue weighted by Crippen LogP contribution is -2.23. The van der Waals surface area contributed by atoms with Gasteiger partial charge in [0.1, 0.15) is 5.78 Å². The maximum Gasteiger partial charge on any atom is 0.308 e. The molecule has 0 unspecified atom stereocenters. The van der Waals surface area contributed by atoms with Gasteiger partial charge in [0.2, 0.25) is 0 Å². The summed E-state index contributed by atoms with van der Waals surface area (Å²) in [6.07, 6.45) is 11.6. The van der Waals surface area contributed by atoms with Crippen molar-refractivity contribution in [1.82, 2.24) is 0 Å². The van der Waals surface area contributed by atoms with E-state index in [4.69, 9.17) is 4.74 Å². The van der Waals surface area contributed by atoms with Crippen molar-refractivity contribution in [3.05, 3.63) is 0 Å². The summed E-state index contributed by atoms with van der Waals surface area (Å²) < 4.78 is 5.28. The highest BCUT2D eigenvalue weighted by molar-refractivity contribution is 5.81. The van der Waals surface area contributed by atoms with E-state index in [1.807, 2.05) is 0 Å². The number of hydrogen-bond donors (Lipinski definition) is 0. The van der Waals surface area contributed by atoms with E-state index in [2.05, 4.69) is 0 Å². The molecule has 108 valence electrons. The minimum absolute atomic E-state index is 0.0730. The van der Waals surface area contributed by atoms with Gasteiger partial charge in [0, 0.05) is 12.3 Å². The van der Waals surface area contributed by atoms with Crippen LogP contribution in [0.4, 0.5) is 0 Å². The summed E-state index contributed by atoms with van der Waals surface area (Å²) in [5.41, 5.74) is 0. The molecule has 0 amide bonds. The van der Waals surface area contributed by atoms with Crippen LogP contribution in [0.15, 0.2) is 0 Å². The zero-order valence-corrected chi connectivity index (χ0v) is 11.9. The number of Topliss-reactive ketones (excluding diaryl/α,β-unsaturated/α-hetero) is 1. The third-order valence-corrected chi connectivity index (χ3v) is 4.59. The number of carbonyl (C=O) groups is 2. The van der Waals surface area contributed by atoms with Crippen LogP contribution in [0.25, 0.3) is 0 Å². The van der Waals surface area contributed by atoms with E-state index in [0.29, 0.717) is 18.8 Å². The second-order valence-electron chi connectivity index (χ2n) is 6.05. The van der Waals surface area contributed by atoms with Crippen LogP contribution >= 0.6 is 0 Å². The predicted molar refractivity (Wildman–Crippen MR) is 73.7 cm³/mol. The largest absolute Gasteiger partial charge is 0.465 e. The number of carbonyl (C=O) groups excluding carboxylic acids is 2. The lowest BCUT2D eigenvalue weighted by Gasteiger charge is -2.21. The first-order valence-electron chi connectivity index (χ1n) is 7.96. The molecular weight excluding hydrogens is 240 g/mol. The molecule has 2 rings (SSSR count). The van der Waals surface area contributed by atoms with Crippen LogP contribution in [-0.2, 0) is 14.3 Å². The number of esters is 1. The average Bonchev–Trinajstić information content (AvgIpc) is 2.49. The van der Waals surface area contributed by atoms with Crippen LogP contribution in [0.2, 0.25) is 0 Å². The van der Waals surface area contributed by atoms with E-state index < -0.39 is 0 Å². The van der Waals surface area contributed by atoms with Crippen molar-refractivity contribution in [2.75, 3.05) is 6.61 Å². The molecule has 19 heavy (non-hydrogen) atoms. The van der Waals surface area contributed by atoms with Crippen LogP contribution in [0.3, 0.4) is 0 Å². The van der Waals surface area contributed by atoms with Crippen molar-refractivity contribution in [1.29, 1.82) is 0 Å². The SMILES string of the molecule is O=C(CCOC(=O)C1CCCCC1)C1CCCCC1. The third-order valence-electron chi connectivity index (χ3n) is 4.59. The van der Waals surface area contributed by atoms with E-state index in [1.165, 1.54) is 25.7 Å². The molecule has 0 N–H and O–H groups in total. The van der Waals surface area contributed by atoms with Gasteiger partial charge < -0.3 is 4.74 Å². The summed E-state index contributed by atoms with van der Waals surface area (Å²) in [6, 6.07) is 0. The summed E-state index contributed by atoms with van der Waals surface area (Å²) in [5, 5.41) is 0. The quantitative estimate of drug-likeness (QED) is 0.713. The summed E-state index contributed by atoms with van der Waals surface area (Å²) in [6.45, 7) is 0.296. The van der Waals surface area contributed by atoms with Gasteiger partial charge in [-0.05, 0) is 25.7 Å². The minimum atomic E-state index is -0.0730. The summed E-state index contributed by atoms with van der Waals surface area (Å²) >= 11 is 0. The normalized spacial score (nSPS) is 22.1. The van der Waals surface area contributed by atoms with Gasteiger partial charge in [0.05, 0.1) is 12.5 Å². The Hall–Kier alpha value is -0.860. The minimum Gasteiger partial charge on any atom is -0.465 e. The number of hydrogen-bond acceptors (Lipinski definition) is 3. The highest BCUT2D eigenvalue weighted by Crippen LogP contribution is 2.26. The molecule has 0 bridgehead atoms. The molecule has 2 aliphatic carbocycles. The van der Waals surface area contributed by atoms with E-state index in [0.717, 1.165) is 38.5 Å². The van der Waals surface area contributed by atoms with Gasteiger partial charge in [-0.1, -0.05) is 38.5 Å². The Balaban J connectivity index is 1.62. The molecule has 0 radical (unpaired) electrons. The Morgan fingerprint density at radius 2 is 1.32 bits per heavy atom. The molecule has 0 saturated heterocycles. The smallest absolute Gasteiger partial charge is 0.308 e. The van der Waals surface area contributed by atoms with Crippen LogP contribution in [0.5, 0.6) is 0 Å². The van der Waals surface area contributed by atoms with Crippen molar-refractivity contribution in [3.8, 4) is 0 Å². The van der Waals surface area contributed by atoms with Crippen LogP contribution in [0, 0.1) is 11.8 Å². The fourth-order valence-electron chi connectivity index (χ4n) is 3.34. The maximum atomic E-state index is 12.0.